The van der Waals surface area contributed by atoms with Crippen molar-refractivity contribution >= 4 is 23.2 Å². The lowest BCUT2D eigenvalue weighted by molar-refractivity contribution is 0.00842. The topological polar surface area (TPSA) is 36.3 Å². The van der Waals surface area contributed by atoms with E-state index in [1.165, 1.54) is 11.1 Å². The number of aromatic nitrogens is 2. The summed E-state index contributed by atoms with van der Waals surface area (Å²) in [4.78, 5) is 4.61. The van der Waals surface area contributed by atoms with Gasteiger partial charge in [0.05, 0.1) is 30.4 Å². The maximum Gasteiger partial charge on any atom is 0.119 e. The first-order chi connectivity index (χ1) is 15.2. The highest BCUT2D eigenvalue weighted by Crippen LogP contribution is 2.25. The number of benzene rings is 3. The second-order valence-corrected chi connectivity index (χ2v) is 8.26. The molecule has 0 saturated carbocycles. The van der Waals surface area contributed by atoms with Gasteiger partial charge in [-0.1, -0.05) is 42.5 Å². The van der Waals surface area contributed by atoms with Gasteiger partial charge in [0.2, 0.25) is 0 Å². The smallest absolute Gasteiger partial charge is 0.119 e. The van der Waals surface area contributed by atoms with Gasteiger partial charge in [0.25, 0.3) is 0 Å². The zero-order chi connectivity index (χ0) is 21.2. The second kappa shape index (κ2) is 8.40. The summed E-state index contributed by atoms with van der Waals surface area (Å²) < 4.78 is 13.1. The average molecular weight is 411 g/mol. The van der Waals surface area contributed by atoms with E-state index in [2.05, 4.69) is 76.3 Å². The fourth-order valence-corrected chi connectivity index (χ4v) is 3.80. The highest BCUT2D eigenvalue weighted by Gasteiger charge is 2.19. The van der Waals surface area contributed by atoms with Crippen LogP contribution >= 0.6 is 0 Å². The molecule has 3 aromatic carbocycles. The standard InChI is InChI=1S/C27H26N2O2/c1-19(2)31-25-12-10-24(11-13-25)29-18-28-26-15-21(7-14-27(26)29)4-3-20-5-8-22(9-6-20)23-16-30-17-23/h3-15,18-19,23H,16-17H2,1-2H3/b4-3-. The average Bonchev–Trinajstić information content (AvgIpc) is 3.15. The van der Waals surface area contributed by atoms with Crippen LogP contribution in [0.25, 0.3) is 28.9 Å². The minimum atomic E-state index is 0.168. The number of imidazole rings is 1. The van der Waals surface area contributed by atoms with Crippen molar-refractivity contribution in [1.82, 2.24) is 9.55 Å². The summed E-state index contributed by atoms with van der Waals surface area (Å²) in [5.41, 5.74) is 6.82. The molecule has 1 aliphatic rings. The molecule has 0 amide bonds. The lowest BCUT2D eigenvalue weighted by Gasteiger charge is -2.26. The fraction of sp³-hybridized carbons (Fsp3) is 0.222. The third-order valence-electron chi connectivity index (χ3n) is 5.57. The van der Waals surface area contributed by atoms with E-state index in [0.717, 1.165) is 41.2 Å². The van der Waals surface area contributed by atoms with Crippen LogP contribution in [-0.4, -0.2) is 28.9 Å². The second-order valence-electron chi connectivity index (χ2n) is 8.26. The van der Waals surface area contributed by atoms with E-state index in [-0.39, 0.29) is 6.10 Å². The van der Waals surface area contributed by atoms with Gasteiger partial charge in [-0.15, -0.1) is 0 Å². The van der Waals surface area contributed by atoms with Gasteiger partial charge in [-0.3, -0.25) is 4.57 Å². The predicted octanol–water partition coefficient (Wildman–Crippen LogP) is 6.10. The molecule has 0 radical (unpaired) electrons. The first-order valence-electron chi connectivity index (χ1n) is 10.8. The van der Waals surface area contributed by atoms with Gasteiger partial charge >= 0.3 is 0 Å². The Hall–Kier alpha value is -3.37. The summed E-state index contributed by atoms with van der Waals surface area (Å²) >= 11 is 0. The fourth-order valence-electron chi connectivity index (χ4n) is 3.80. The molecule has 0 aliphatic carbocycles. The summed E-state index contributed by atoms with van der Waals surface area (Å²) in [7, 11) is 0. The summed E-state index contributed by atoms with van der Waals surface area (Å²) in [5, 5.41) is 0. The Morgan fingerprint density at radius 3 is 2.32 bits per heavy atom. The Kier molecular flexibility index (Phi) is 5.31. The molecule has 31 heavy (non-hydrogen) atoms. The van der Waals surface area contributed by atoms with Crippen LogP contribution in [0.4, 0.5) is 0 Å². The van der Waals surface area contributed by atoms with Crippen molar-refractivity contribution in [3.05, 3.63) is 89.7 Å². The van der Waals surface area contributed by atoms with Crippen LogP contribution in [0.3, 0.4) is 0 Å². The number of fused-ring (bicyclic) bond motifs is 1. The van der Waals surface area contributed by atoms with E-state index in [4.69, 9.17) is 9.47 Å². The Labute approximate surface area is 182 Å². The monoisotopic (exact) mass is 410 g/mol. The molecule has 1 aliphatic heterocycles. The molecule has 0 N–H and O–H groups in total. The van der Waals surface area contributed by atoms with Crippen molar-refractivity contribution in [2.45, 2.75) is 25.9 Å². The van der Waals surface area contributed by atoms with Crippen LogP contribution in [0.2, 0.25) is 0 Å². The van der Waals surface area contributed by atoms with Gasteiger partial charge < -0.3 is 9.47 Å². The number of hydrogen-bond donors (Lipinski definition) is 0. The van der Waals surface area contributed by atoms with Crippen molar-refractivity contribution in [3.63, 3.8) is 0 Å². The summed E-state index contributed by atoms with van der Waals surface area (Å²) in [5.74, 6) is 1.44. The summed E-state index contributed by atoms with van der Waals surface area (Å²) in [6.45, 7) is 5.75. The minimum absolute atomic E-state index is 0.168. The molecule has 4 heteroatoms. The van der Waals surface area contributed by atoms with Gasteiger partial charge in [0.1, 0.15) is 12.1 Å². The van der Waals surface area contributed by atoms with Crippen LogP contribution in [0, 0.1) is 0 Å². The first kappa shape index (κ1) is 19.6. The quantitative estimate of drug-likeness (QED) is 0.361. The summed E-state index contributed by atoms with van der Waals surface area (Å²) in [6.07, 6.45) is 6.32. The first-order valence-corrected chi connectivity index (χ1v) is 10.8. The van der Waals surface area contributed by atoms with Crippen molar-refractivity contribution in [2.24, 2.45) is 0 Å². The normalized spacial score (nSPS) is 14.4. The maximum absolute atomic E-state index is 5.74. The minimum Gasteiger partial charge on any atom is -0.491 e. The predicted molar refractivity (Wildman–Crippen MR) is 126 cm³/mol. The van der Waals surface area contributed by atoms with E-state index >= 15 is 0 Å². The number of nitrogens with zero attached hydrogens (tertiary/aromatic N) is 2. The molecule has 4 aromatic rings. The number of ether oxygens (including phenoxy) is 2. The van der Waals surface area contributed by atoms with Crippen LogP contribution in [0.5, 0.6) is 5.75 Å². The van der Waals surface area contributed by atoms with Crippen molar-refractivity contribution in [1.29, 1.82) is 0 Å². The molecule has 0 spiro atoms. The van der Waals surface area contributed by atoms with Crippen molar-refractivity contribution in [3.8, 4) is 11.4 Å². The lowest BCUT2D eigenvalue weighted by Crippen LogP contribution is -2.24. The van der Waals surface area contributed by atoms with E-state index in [9.17, 15) is 0 Å². The Morgan fingerprint density at radius 1 is 0.935 bits per heavy atom. The van der Waals surface area contributed by atoms with Gasteiger partial charge in [-0.2, -0.15) is 0 Å². The molecule has 1 aromatic heterocycles. The largest absolute Gasteiger partial charge is 0.491 e. The lowest BCUT2D eigenvalue weighted by atomic mass is 9.96. The van der Waals surface area contributed by atoms with Gasteiger partial charge in [0.15, 0.2) is 0 Å². The molecular formula is C27H26N2O2. The zero-order valence-electron chi connectivity index (χ0n) is 17.9. The van der Waals surface area contributed by atoms with E-state index in [1.54, 1.807) is 0 Å². The SMILES string of the molecule is CC(C)Oc1ccc(-n2cnc3cc(/C=C\c4ccc(C5COC5)cc4)ccc32)cc1. The maximum atomic E-state index is 5.74. The molecule has 0 unspecified atom stereocenters. The van der Waals surface area contributed by atoms with Gasteiger partial charge in [-0.25, -0.2) is 4.98 Å². The molecule has 5 rings (SSSR count). The molecule has 1 saturated heterocycles. The molecule has 0 bridgehead atoms. The molecule has 1 fully saturated rings. The third-order valence-corrected chi connectivity index (χ3v) is 5.57. The van der Waals surface area contributed by atoms with E-state index in [0.29, 0.717) is 5.92 Å². The van der Waals surface area contributed by atoms with E-state index in [1.807, 2.05) is 32.3 Å². The number of hydrogen-bond acceptors (Lipinski definition) is 3. The molecule has 4 nitrogen and oxygen atoms in total. The van der Waals surface area contributed by atoms with Crippen LogP contribution in [0.1, 0.15) is 36.5 Å². The molecule has 0 atom stereocenters. The molecular weight excluding hydrogens is 384 g/mol. The number of rotatable bonds is 6. The highest BCUT2D eigenvalue weighted by atomic mass is 16.5. The van der Waals surface area contributed by atoms with Crippen molar-refractivity contribution in [2.75, 3.05) is 13.2 Å². The van der Waals surface area contributed by atoms with Gasteiger partial charge in [0, 0.05) is 11.6 Å². The Balaban J connectivity index is 1.33. The Morgan fingerprint density at radius 2 is 1.65 bits per heavy atom. The van der Waals surface area contributed by atoms with Crippen LogP contribution in [-0.2, 0) is 4.74 Å². The van der Waals surface area contributed by atoms with Crippen LogP contribution in [0.15, 0.2) is 73.1 Å². The Bertz CT molecular complexity index is 1200. The highest BCUT2D eigenvalue weighted by molar-refractivity contribution is 5.82. The van der Waals surface area contributed by atoms with Crippen LogP contribution < -0.4 is 4.74 Å². The van der Waals surface area contributed by atoms with E-state index < -0.39 is 0 Å². The van der Waals surface area contributed by atoms with Crippen molar-refractivity contribution < 1.29 is 9.47 Å². The van der Waals surface area contributed by atoms with Gasteiger partial charge in [-0.05, 0) is 66.9 Å². The third kappa shape index (κ3) is 4.25. The zero-order valence-corrected chi connectivity index (χ0v) is 17.9. The molecule has 156 valence electrons. The molecule has 2 heterocycles. The summed E-state index contributed by atoms with van der Waals surface area (Å²) in [6, 6.07) is 23.3.